The lowest BCUT2D eigenvalue weighted by Gasteiger charge is -2.09. The molecule has 1 N–H and O–H groups in total. The Morgan fingerprint density at radius 3 is 2.86 bits per heavy atom. The number of carbonyl (C=O) groups excluding carboxylic acids is 1. The van der Waals surface area contributed by atoms with Gasteiger partial charge in [-0.05, 0) is 18.6 Å². The Morgan fingerprint density at radius 1 is 1.38 bits per heavy atom. The second-order valence-electron chi connectivity index (χ2n) is 5.45. The van der Waals surface area contributed by atoms with Gasteiger partial charge in [-0.15, -0.1) is 0 Å². The average Bonchev–Trinajstić information content (AvgIpc) is 3.09. The Hall–Kier alpha value is -2.08. The summed E-state index contributed by atoms with van der Waals surface area (Å²) in [6, 6.07) is 7.48. The van der Waals surface area contributed by atoms with Gasteiger partial charge >= 0.3 is 5.69 Å². The molecule has 0 radical (unpaired) electrons. The number of fused-ring (bicyclic) bond motifs is 1. The predicted octanol–water partition coefficient (Wildman–Crippen LogP) is 0.493. The molecule has 1 unspecified atom stereocenters. The highest BCUT2D eigenvalue weighted by Crippen LogP contribution is 2.12. The fourth-order valence-corrected chi connectivity index (χ4v) is 2.72. The number of carbonyl (C=O) groups is 1. The van der Waals surface area contributed by atoms with Gasteiger partial charge in [-0.25, -0.2) is 4.79 Å². The van der Waals surface area contributed by atoms with Crippen molar-refractivity contribution < 1.29 is 9.53 Å². The smallest absolute Gasteiger partial charge is 0.329 e. The van der Waals surface area contributed by atoms with E-state index in [1.54, 1.807) is 11.6 Å². The molecule has 2 aromatic rings. The number of para-hydroxylation sites is 2. The summed E-state index contributed by atoms with van der Waals surface area (Å²) in [7, 11) is 1.72. The van der Waals surface area contributed by atoms with Gasteiger partial charge in [0.05, 0.1) is 17.6 Å². The summed E-state index contributed by atoms with van der Waals surface area (Å²) >= 11 is 0. The van der Waals surface area contributed by atoms with Gasteiger partial charge in [0.25, 0.3) is 0 Å². The van der Waals surface area contributed by atoms with E-state index in [9.17, 15) is 9.59 Å². The van der Waals surface area contributed by atoms with E-state index >= 15 is 0 Å². The van der Waals surface area contributed by atoms with E-state index in [-0.39, 0.29) is 18.1 Å². The molecule has 0 saturated carbocycles. The van der Waals surface area contributed by atoms with E-state index in [2.05, 4.69) is 5.32 Å². The molecule has 3 rings (SSSR count). The molecule has 1 aromatic carbocycles. The van der Waals surface area contributed by atoms with Gasteiger partial charge in [-0.1, -0.05) is 12.1 Å². The molecule has 1 aromatic heterocycles. The van der Waals surface area contributed by atoms with Crippen LogP contribution in [-0.4, -0.2) is 34.8 Å². The van der Waals surface area contributed by atoms with Crippen LogP contribution in [0.5, 0.6) is 0 Å². The maximum atomic E-state index is 12.2. The number of aryl methyl sites for hydroxylation is 1. The van der Waals surface area contributed by atoms with Crippen molar-refractivity contribution in [3.05, 3.63) is 34.7 Å². The van der Waals surface area contributed by atoms with Crippen LogP contribution >= 0.6 is 0 Å². The summed E-state index contributed by atoms with van der Waals surface area (Å²) in [5, 5.41) is 2.89. The van der Waals surface area contributed by atoms with Crippen LogP contribution in [0.4, 0.5) is 0 Å². The van der Waals surface area contributed by atoms with Gasteiger partial charge in [-0.3, -0.25) is 13.9 Å². The standard InChI is InChI=1S/C15H19N3O3/c1-17-12-4-2-3-5-13(12)18(15(17)20)9-14(19)16-8-11-6-7-21-10-11/h2-5,11H,6-10H2,1H3,(H,16,19). The number of nitrogens with zero attached hydrogens (tertiary/aromatic N) is 2. The zero-order chi connectivity index (χ0) is 14.8. The summed E-state index contributed by atoms with van der Waals surface area (Å²) in [5.41, 5.74) is 1.44. The Bertz CT molecular complexity index is 711. The summed E-state index contributed by atoms with van der Waals surface area (Å²) in [6.07, 6.45) is 0.981. The van der Waals surface area contributed by atoms with Gasteiger partial charge in [0.15, 0.2) is 0 Å². The summed E-state index contributed by atoms with van der Waals surface area (Å²) in [5.74, 6) is 0.249. The van der Waals surface area contributed by atoms with Crippen LogP contribution in [0.25, 0.3) is 11.0 Å². The van der Waals surface area contributed by atoms with Gasteiger partial charge in [0.2, 0.25) is 5.91 Å². The Balaban J connectivity index is 1.73. The molecule has 1 aliphatic heterocycles. The van der Waals surface area contributed by atoms with Crippen molar-refractivity contribution in [2.45, 2.75) is 13.0 Å². The van der Waals surface area contributed by atoms with Crippen LogP contribution in [0.3, 0.4) is 0 Å². The van der Waals surface area contributed by atoms with Crippen LogP contribution in [0.1, 0.15) is 6.42 Å². The summed E-state index contributed by atoms with van der Waals surface area (Å²) < 4.78 is 8.35. The van der Waals surface area contributed by atoms with Crippen molar-refractivity contribution >= 4 is 16.9 Å². The minimum atomic E-state index is -0.171. The van der Waals surface area contributed by atoms with E-state index in [4.69, 9.17) is 4.74 Å². The normalized spacial score (nSPS) is 18.2. The van der Waals surface area contributed by atoms with Crippen LogP contribution in [0.15, 0.2) is 29.1 Å². The highest BCUT2D eigenvalue weighted by atomic mass is 16.5. The Morgan fingerprint density at radius 2 is 2.14 bits per heavy atom. The van der Waals surface area contributed by atoms with Crippen molar-refractivity contribution in [3.8, 4) is 0 Å². The number of hydrogen-bond donors (Lipinski definition) is 1. The highest BCUT2D eigenvalue weighted by Gasteiger charge is 2.17. The number of aromatic nitrogens is 2. The van der Waals surface area contributed by atoms with Crippen molar-refractivity contribution in [3.63, 3.8) is 0 Å². The Kier molecular flexibility index (Phi) is 3.79. The molecule has 6 nitrogen and oxygen atoms in total. The molecular formula is C15H19N3O3. The molecule has 2 heterocycles. The van der Waals surface area contributed by atoms with E-state index in [0.717, 1.165) is 24.1 Å². The molecule has 1 fully saturated rings. The first kappa shape index (κ1) is 13.9. The van der Waals surface area contributed by atoms with Crippen molar-refractivity contribution in [2.24, 2.45) is 13.0 Å². The number of rotatable bonds is 4. The number of amides is 1. The summed E-state index contributed by atoms with van der Waals surface area (Å²) in [4.78, 5) is 24.3. The van der Waals surface area contributed by atoms with E-state index in [1.807, 2.05) is 24.3 Å². The third kappa shape index (κ3) is 2.71. The fourth-order valence-electron chi connectivity index (χ4n) is 2.72. The lowest BCUT2D eigenvalue weighted by molar-refractivity contribution is -0.121. The molecule has 1 aliphatic rings. The zero-order valence-electron chi connectivity index (χ0n) is 12.0. The van der Waals surface area contributed by atoms with Crippen molar-refractivity contribution in [1.29, 1.82) is 0 Å². The quantitative estimate of drug-likeness (QED) is 0.891. The van der Waals surface area contributed by atoms with E-state index < -0.39 is 0 Å². The second kappa shape index (κ2) is 5.73. The van der Waals surface area contributed by atoms with Gasteiger partial charge < -0.3 is 10.1 Å². The number of imidazole rings is 1. The molecule has 112 valence electrons. The van der Waals surface area contributed by atoms with Crippen LogP contribution < -0.4 is 11.0 Å². The van der Waals surface area contributed by atoms with Crippen LogP contribution in [0, 0.1) is 5.92 Å². The zero-order valence-corrected chi connectivity index (χ0v) is 12.0. The molecule has 6 heteroatoms. The largest absolute Gasteiger partial charge is 0.381 e. The fraction of sp³-hybridized carbons (Fsp3) is 0.467. The van der Waals surface area contributed by atoms with Gasteiger partial charge in [0, 0.05) is 26.1 Å². The monoisotopic (exact) mass is 289 g/mol. The molecule has 1 atom stereocenters. The van der Waals surface area contributed by atoms with Crippen LogP contribution in [-0.2, 0) is 23.1 Å². The number of hydrogen-bond acceptors (Lipinski definition) is 3. The second-order valence-corrected chi connectivity index (χ2v) is 5.45. The molecule has 0 aliphatic carbocycles. The lowest BCUT2D eigenvalue weighted by atomic mass is 10.1. The minimum Gasteiger partial charge on any atom is -0.381 e. The third-order valence-corrected chi connectivity index (χ3v) is 3.97. The Labute approximate surface area is 122 Å². The average molecular weight is 289 g/mol. The van der Waals surface area contributed by atoms with E-state index in [0.29, 0.717) is 19.1 Å². The first-order valence-electron chi connectivity index (χ1n) is 7.15. The number of ether oxygens (including phenoxy) is 1. The maximum absolute atomic E-state index is 12.2. The molecule has 1 amide bonds. The predicted molar refractivity (Wildman–Crippen MR) is 79.1 cm³/mol. The number of benzene rings is 1. The lowest BCUT2D eigenvalue weighted by Crippen LogP contribution is -2.35. The minimum absolute atomic E-state index is 0.0494. The first-order chi connectivity index (χ1) is 10.2. The maximum Gasteiger partial charge on any atom is 0.329 e. The van der Waals surface area contributed by atoms with E-state index in [1.165, 1.54) is 4.57 Å². The molecular weight excluding hydrogens is 270 g/mol. The van der Waals surface area contributed by atoms with Gasteiger partial charge in [0.1, 0.15) is 6.54 Å². The molecule has 0 spiro atoms. The first-order valence-corrected chi connectivity index (χ1v) is 7.15. The van der Waals surface area contributed by atoms with Crippen molar-refractivity contribution in [2.75, 3.05) is 19.8 Å². The molecule has 21 heavy (non-hydrogen) atoms. The number of nitrogens with one attached hydrogen (secondary N) is 1. The van der Waals surface area contributed by atoms with Crippen molar-refractivity contribution in [1.82, 2.24) is 14.5 Å². The topological polar surface area (TPSA) is 65.3 Å². The molecule has 1 saturated heterocycles. The van der Waals surface area contributed by atoms with Crippen LogP contribution in [0.2, 0.25) is 0 Å². The summed E-state index contributed by atoms with van der Waals surface area (Å²) in [6.45, 7) is 2.13. The van der Waals surface area contributed by atoms with Gasteiger partial charge in [-0.2, -0.15) is 0 Å². The highest BCUT2D eigenvalue weighted by molar-refractivity contribution is 5.80. The molecule has 0 bridgehead atoms. The third-order valence-electron chi connectivity index (χ3n) is 3.97. The SMILES string of the molecule is Cn1c(=O)n(CC(=O)NCC2CCOC2)c2ccccc21.